The minimum atomic E-state index is -1.72. The predicted molar refractivity (Wildman–Crippen MR) is 115 cm³/mol. The maximum atomic E-state index is 7.43. The van der Waals surface area contributed by atoms with Gasteiger partial charge in [0.2, 0.25) is 0 Å². The lowest BCUT2D eigenvalue weighted by molar-refractivity contribution is -0.364. The highest BCUT2D eigenvalue weighted by molar-refractivity contribution is 9.10. The second kappa shape index (κ2) is 4.47. The summed E-state index contributed by atoms with van der Waals surface area (Å²) in [6.07, 6.45) is 10.4. The van der Waals surface area contributed by atoms with Gasteiger partial charge in [-0.1, -0.05) is 36.7 Å². The van der Waals surface area contributed by atoms with Crippen LogP contribution in [-0.4, -0.2) is 18.2 Å². The Morgan fingerprint density at radius 3 is 1.85 bits per heavy atom. The molecule has 10 saturated carbocycles. The molecule has 10 aliphatic carbocycles. The smallest absolute Gasteiger partial charge is 0.192 e. The van der Waals surface area contributed by atoms with Crippen molar-refractivity contribution in [3.8, 4) is 0 Å². The lowest BCUT2D eigenvalue weighted by Gasteiger charge is -2.85. The number of rotatable bonds is 2. The van der Waals surface area contributed by atoms with E-state index in [0.29, 0.717) is 14.8 Å². The molecule has 0 aromatic heterocycles. The molecular formula is C24H37BrOSi. The van der Waals surface area contributed by atoms with E-state index in [9.17, 15) is 0 Å². The molecule has 1 nitrogen and oxygen atoms in total. The van der Waals surface area contributed by atoms with E-state index >= 15 is 0 Å². The Hall–Kier alpha value is 0.657. The second-order valence-corrected chi connectivity index (χ2v) is 20.3. The highest BCUT2D eigenvalue weighted by atomic mass is 79.9. The lowest BCUT2D eigenvalue weighted by Crippen LogP contribution is -2.82. The van der Waals surface area contributed by atoms with Gasteiger partial charge in [0, 0.05) is 4.32 Å². The van der Waals surface area contributed by atoms with Gasteiger partial charge in [-0.15, -0.1) is 0 Å². The highest BCUT2D eigenvalue weighted by Gasteiger charge is 2.82. The molecule has 0 aliphatic heterocycles. The van der Waals surface area contributed by atoms with E-state index in [2.05, 4.69) is 49.8 Å². The van der Waals surface area contributed by atoms with Gasteiger partial charge in [-0.2, -0.15) is 0 Å². The molecule has 10 aliphatic rings. The Morgan fingerprint density at radius 1 is 0.815 bits per heavy atom. The average Bonchev–Trinajstić information content (AvgIpc) is 2.49. The number of hydrogen-bond acceptors (Lipinski definition) is 1. The Morgan fingerprint density at radius 2 is 1.33 bits per heavy atom. The third-order valence-electron chi connectivity index (χ3n) is 11.9. The molecule has 0 heterocycles. The second-order valence-electron chi connectivity index (χ2n) is 13.9. The van der Waals surface area contributed by atoms with Gasteiger partial charge < -0.3 is 4.43 Å². The molecule has 0 N–H and O–H groups in total. The zero-order chi connectivity index (χ0) is 18.8. The lowest BCUT2D eigenvalue weighted by atomic mass is 9.21. The summed E-state index contributed by atoms with van der Waals surface area (Å²) >= 11 is 4.34. The number of halogens is 1. The average molecular weight is 450 g/mol. The molecule has 11 bridgehead atoms. The molecule has 3 heteroatoms. The highest BCUT2D eigenvalue weighted by Crippen LogP contribution is 2.86. The zero-order valence-electron chi connectivity index (χ0n) is 17.9. The molecule has 27 heavy (non-hydrogen) atoms. The van der Waals surface area contributed by atoms with Crippen LogP contribution in [-0.2, 0) is 4.43 Å². The molecule has 0 saturated heterocycles. The van der Waals surface area contributed by atoms with Crippen LogP contribution in [0.3, 0.4) is 0 Å². The van der Waals surface area contributed by atoms with Gasteiger partial charge in [0.1, 0.15) is 0 Å². The first-order valence-electron chi connectivity index (χ1n) is 11.9. The Labute approximate surface area is 175 Å². The van der Waals surface area contributed by atoms with E-state index in [0.717, 1.165) is 47.3 Å². The Bertz CT molecular complexity index is 705. The first kappa shape index (κ1) is 17.3. The third kappa shape index (κ3) is 1.77. The third-order valence-corrected chi connectivity index (χ3v) is 17.4. The molecule has 6 atom stereocenters. The molecule has 150 valence electrons. The van der Waals surface area contributed by atoms with Gasteiger partial charge >= 0.3 is 0 Å². The summed E-state index contributed by atoms with van der Waals surface area (Å²) in [4.78, 5) is 0. The van der Waals surface area contributed by atoms with E-state index in [1.165, 1.54) is 38.5 Å². The molecule has 6 unspecified atom stereocenters. The van der Waals surface area contributed by atoms with Crippen molar-refractivity contribution in [3.05, 3.63) is 0 Å². The zero-order valence-corrected chi connectivity index (χ0v) is 20.4. The molecule has 0 amide bonds. The van der Waals surface area contributed by atoms with Crippen LogP contribution in [0.15, 0.2) is 0 Å². The molecule has 10 fully saturated rings. The monoisotopic (exact) mass is 448 g/mol. The summed E-state index contributed by atoms with van der Waals surface area (Å²) in [5.74, 6) is 8.55. The summed E-state index contributed by atoms with van der Waals surface area (Å²) < 4.78 is 7.93. The van der Waals surface area contributed by atoms with Crippen molar-refractivity contribution in [3.63, 3.8) is 0 Å². The van der Waals surface area contributed by atoms with Gasteiger partial charge in [-0.25, -0.2) is 0 Å². The van der Waals surface area contributed by atoms with Crippen LogP contribution < -0.4 is 0 Å². The number of alkyl halides is 1. The van der Waals surface area contributed by atoms with Crippen molar-refractivity contribution >= 4 is 24.2 Å². The van der Waals surface area contributed by atoms with E-state index in [-0.39, 0.29) is 5.60 Å². The molecule has 1 spiro atoms. The van der Waals surface area contributed by atoms with Crippen LogP contribution in [0.2, 0.25) is 18.1 Å². The summed E-state index contributed by atoms with van der Waals surface area (Å²) in [6, 6.07) is 0. The minimum absolute atomic E-state index is 0.254. The first-order valence-corrected chi connectivity index (χ1v) is 15.6. The molecule has 0 aromatic rings. The maximum Gasteiger partial charge on any atom is 0.192 e. The van der Waals surface area contributed by atoms with E-state index in [1.807, 2.05) is 0 Å². The minimum Gasteiger partial charge on any atom is -0.411 e. The van der Waals surface area contributed by atoms with Crippen molar-refractivity contribution in [1.82, 2.24) is 0 Å². The van der Waals surface area contributed by atoms with Crippen LogP contribution in [0.25, 0.3) is 0 Å². The molecule has 0 aromatic carbocycles. The van der Waals surface area contributed by atoms with Gasteiger partial charge in [0.15, 0.2) is 8.32 Å². The number of hydrogen-bond donors (Lipinski definition) is 0. The van der Waals surface area contributed by atoms with Crippen LogP contribution in [0, 0.1) is 52.8 Å². The fourth-order valence-electron chi connectivity index (χ4n) is 11.1. The van der Waals surface area contributed by atoms with E-state index in [4.69, 9.17) is 4.43 Å². The van der Waals surface area contributed by atoms with Crippen molar-refractivity contribution in [2.24, 2.45) is 52.8 Å². The quantitative estimate of drug-likeness (QED) is 0.340. The SMILES string of the molecule is CC(C)(C)[Si](C)(C)OC12CC3C4CC5C6CC7(Br)CC5C(C4C1)C(C7)(C2)C63. The summed E-state index contributed by atoms with van der Waals surface area (Å²) in [6.45, 7) is 12.3. The largest absolute Gasteiger partial charge is 0.411 e. The topological polar surface area (TPSA) is 9.23 Å². The fraction of sp³-hybridized carbons (Fsp3) is 1.00. The van der Waals surface area contributed by atoms with Gasteiger partial charge in [-0.05, 0) is 116 Å². The van der Waals surface area contributed by atoms with Crippen molar-refractivity contribution in [2.45, 2.75) is 93.8 Å². The van der Waals surface area contributed by atoms with Crippen molar-refractivity contribution in [2.75, 3.05) is 0 Å². The van der Waals surface area contributed by atoms with Crippen LogP contribution in [0.1, 0.15) is 65.7 Å². The van der Waals surface area contributed by atoms with Crippen LogP contribution in [0.4, 0.5) is 0 Å². The fourth-order valence-corrected chi connectivity index (χ4v) is 14.0. The van der Waals surface area contributed by atoms with Crippen molar-refractivity contribution < 1.29 is 4.43 Å². The Kier molecular flexibility index (Phi) is 2.87. The molecular weight excluding hydrogens is 412 g/mol. The van der Waals surface area contributed by atoms with Gasteiger partial charge in [0.05, 0.1) is 5.60 Å². The van der Waals surface area contributed by atoms with Crippen LogP contribution in [0.5, 0.6) is 0 Å². The molecule has 10 rings (SSSR count). The maximum absolute atomic E-state index is 7.43. The van der Waals surface area contributed by atoms with Gasteiger partial charge in [0.25, 0.3) is 0 Å². The normalized spacial score (nSPS) is 64.2. The van der Waals surface area contributed by atoms with Gasteiger partial charge in [-0.3, -0.25) is 0 Å². The van der Waals surface area contributed by atoms with E-state index in [1.54, 1.807) is 6.42 Å². The summed E-state index contributed by atoms with van der Waals surface area (Å²) in [7, 11) is -1.72. The summed E-state index contributed by atoms with van der Waals surface area (Å²) in [5, 5.41) is 0.333. The summed E-state index contributed by atoms with van der Waals surface area (Å²) in [5.41, 5.74) is 0.917. The van der Waals surface area contributed by atoms with Crippen LogP contribution >= 0.6 is 15.9 Å². The first-order chi connectivity index (χ1) is 12.5. The van der Waals surface area contributed by atoms with E-state index < -0.39 is 8.32 Å². The van der Waals surface area contributed by atoms with Crippen molar-refractivity contribution in [1.29, 1.82) is 0 Å². The Balaban J connectivity index is 1.35. The predicted octanol–water partition coefficient (Wildman–Crippen LogP) is 6.62. The molecule has 0 radical (unpaired) electrons. The standard InChI is InChI=1S/C24H37BrOSi/c1-21(2,3)27(4,5)26-23-9-17-14-6-13-15-7-22(25)8-16(13)20(18(14)10-23)24(11-22,12-23)19(15)17/h13-20H,6-12H2,1-5H3.